The van der Waals surface area contributed by atoms with Crippen LogP contribution < -0.4 is 0 Å². The maximum Gasteiger partial charge on any atom is 0.416 e. The summed E-state index contributed by atoms with van der Waals surface area (Å²) in [7, 11) is 2.22. The van der Waals surface area contributed by atoms with E-state index in [0.29, 0.717) is 18.4 Å². The second-order valence-electron chi connectivity index (χ2n) is 8.04. The van der Waals surface area contributed by atoms with Gasteiger partial charge in [0.2, 0.25) is 0 Å². The molecule has 2 aliphatic rings. The van der Waals surface area contributed by atoms with E-state index in [2.05, 4.69) is 16.8 Å². The topological polar surface area (TPSA) is 15.7 Å². The zero-order chi connectivity index (χ0) is 19.3. The summed E-state index contributed by atoms with van der Waals surface area (Å²) in [6.07, 6.45) is 1.06. The highest BCUT2D eigenvalue weighted by Gasteiger charge is 2.30. The Bertz CT molecular complexity index is 587. The summed E-state index contributed by atoms with van der Waals surface area (Å²) < 4.78 is 44.1. The molecule has 152 valence electrons. The number of piperidine rings is 1. The Morgan fingerprint density at radius 3 is 2.70 bits per heavy atom. The smallest absolute Gasteiger partial charge is 0.381 e. The number of nitrogens with zero attached hydrogens (tertiary/aromatic N) is 2. The Hall–Kier alpha value is -1.11. The van der Waals surface area contributed by atoms with Gasteiger partial charge in [-0.2, -0.15) is 13.2 Å². The van der Waals surface area contributed by atoms with E-state index < -0.39 is 11.7 Å². The van der Waals surface area contributed by atoms with Crippen LogP contribution >= 0.6 is 0 Å². The van der Waals surface area contributed by atoms with Crippen LogP contribution in [0.4, 0.5) is 13.2 Å². The lowest BCUT2D eigenvalue weighted by Crippen LogP contribution is -2.44. The number of benzene rings is 1. The highest BCUT2D eigenvalue weighted by molar-refractivity contribution is 5.25. The van der Waals surface area contributed by atoms with E-state index in [1.807, 2.05) is 0 Å². The maximum absolute atomic E-state index is 12.9. The summed E-state index contributed by atoms with van der Waals surface area (Å²) in [5.41, 5.74) is 0.223. The third-order valence-corrected chi connectivity index (χ3v) is 5.93. The molecule has 2 heterocycles. The SMILES string of the molecule is CN(CC1CCCN(CCc2cccc(C(F)(F)F)c2)C1)C1CCOCC1. The van der Waals surface area contributed by atoms with E-state index in [1.165, 1.54) is 25.0 Å². The molecule has 3 rings (SSSR count). The van der Waals surface area contributed by atoms with Crippen LogP contribution in [-0.2, 0) is 17.3 Å². The van der Waals surface area contributed by atoms with Crippen molar-refractivity contribution >= 4 is 0 Å². The molecule has 0 spiro atoms. The Morgan fingerprint density at radius 1 is 1.19 bits per heavy atom. The number of ether oxygens (including phenoxy) is 1. The predicted octanol–water partition coefficient (Wildman–Crippen LogP) is 4.07. The first-order valence-electron chi connectivity index (χ1n) is 10.1. The molecule has 1 atom stereocenters. The van der Waals surface area contributed by atoms with Gasteiger partial charge in [-0.1, -0.05) is 18.2 Å². The standard InChI is InChI=1S/C21H31F3N2O/c1-25(20-8-12-27-13-9-20)15-18-5-3-10-26(16-18)11-7-17-4-2-6-19(14-17)21(22,23)24/h2,4,6,14,18,20H,3,5,7-13,15-16H2,1H3. The normalized spacial score (nSPS) is 23.1. The zero-order valence-corrected chi connectivity index (χ0v) is 16.2. The van der Waals surface area contributed by atoms with Crippen LogP contribution in [0.1, 0.15) is 36.8 Å². The number of halogens is 3. The van der Waals surface area contributed by atoms with Gasteiger partial charge in [0.25, 0.3) is 0 Å². The number of alkyl halides is 3. The Balaban J connectivity index is 1.47. The molecular formula is C21H31F3N2O. The highest BCUT2D eigenvalue weighted by Crippen LogP contribution is 2.29. The maximum atomic E-state index is 12.9. The molecule has 2 fully saturated rings. The Labute approximate surface area is 160 Å². The minimum Gasteiger partial charge on any atom is -0.381 e. The third kappa shape index (κ3) is 6.19. The summed E-state index contributed by atoms with van der Waals surface area (Å²) >= 11 is 0. The van der Waals surface area contributed by atoms with E-state index in [4.69, 9.17) is 4.74 Å². The lowest BCUT2D eigenvalue weighted by atomic mass is 9.95. The predicted molar refractivity (Wildman–Crippen MR) is 101 cm³/mol. The average Bonchev–Trinajstić information content (AvgIpc) is 2.67. The van der Waals surface area contributed by atoms with Crippen LogP contribution in [0.3, 0.4) is 0 Å². The molecule has 0 aromatic heterocycles. The molecule has 27 heavy (non-hydrogen) atoms. The van der Waals surface area contributed by atoms with Crippen molar-refractivity contribution < 1.29 is 17.9 Å². The van der Waals surface area contributed by atoms with Gasteiger partial charge in [-0.25, -0.2) is 0 Å². The number of likely N-dealkylation sites (tertiary alicyclic amines) is 1. The number of rotatable bonds is 6. The van der Waals surface area contributed by atoms with Crippen LogP contribution in [0.25, 0.3) is 0 Å². The third-order valence-electron chi connectivity index (χ3n) is 5.93. The first-order chi connectivity index (χ1) is 12.9. The van der Waals surface area contributed by atoms with Crippen molar-refractivity contribution in [2.75, 3.05) is 46.4 Å². The Kier molecular flexibility index (Phi) is 7.17. The van der Waals surface area contributed by atoms with Crippen molar-refractivity contribution in [3.05, 3.63) is 35.4 Å². The monoisotopic (exact) mass is 384 g/mol. The molecule has 0 N–H and O–H groups in total. The van der Waals surface area contributed by atoms with E-state index in [0.717, 1.165) is 63.9 Å². The van der Waals surface area contributed by atoms with Crippen molar-refractivity contribution in [2.24, 2.45) is 5.92 Å². The van der Waals surface area contributed by atoms with Crippen LogP contribution in [0, 0.1) is 5.92 Å². The molecule has 1 unspecified atom stereocenters. The fourth-order valence-corrected chi connectivity index (χ4v) is 4.38. The Morgan fingerprint density at radius 2 is 1.96 bits per heavy atom. The second-order valence-corrected chi connectivity index (χ2v) is 8.04. The molecular weight excluding hydrogens is 353 g/mol. The second kappa shape index (κ2) is 9.39. The molecule has 2 saturated heterocycles. The van der Waals surface area contributed by atoms with Crippen molar-refractivity contribution in [1.82, 2.24) is 9.80 Å². The fraction of sp³-hybridized carbons (Fsp3) is 0.714. The quantitative estimate of drug-likeness (QED) is 0.735. The highest BCUT2D eigenvalue weighted by atomic mass is 19.4. The summed E-state index contributed by atoms with van der Waals surface area (Å²) in [6, 6.07) is 6.38. The van der Waals surface area contributed by atoms with Gasteiger partial charge in [0, 0.05) is 38.9 Å². The molecule has 1 aromatic rings. The molecule has 2 aliphatic heterocycles. The fourth-order valence-electron chi connectivity index (χ4n) is 4.38. The minimum atomic E-state index is -4.26. The molecule has 0 radical (unpaired) electrons. The van der Waals surface area contributed by atoms with Gasteiger partial charge in [0.1, 0.15) is 0 Å². The van der Waals surface area contributed by atoms with Crippen molar-refractivity contribution in [3.63, 3.8) is 0 Å². The van der Waals surface area contributed by atoms with E-state index in [1.54, 1.807) is 6.07 Å². The summed E-state index contributed by atoms with van der Waals surface area (Å²) in [4.78, 5) is 4.91. The van der Waals surface area contributed by atoms with Crippen molar-refractivity contribution in [1.29, 1.82) is 0 Å². The van der Waals surface area contributed by atoms with Crippen LogP contribution in [0.2, 0.25) is 0 Å². The number of hydrogen-bond acceptors (Lipinski definition) is 3. The molecule has 6 heteroatoms. The molecule has 3 nitrogen and oxygen atoms in total. The summed E-state index contributed by atoms with van der Waals surface area (Å²) in [5.74, 6) is 0.646. The van der Waals surface area contributed by atoms with Crippen LogP contribution in [0.5, 0.6) is 0 Å². The lowest BCUT2D eigenvalue weighted by Gasteiger charge is -2.38. The number of hydrogen-bond donors (Lipinski definition) is 0. The van der Waals surface area contributed by atoms with E-state index in [-0.39, 0.29) is 0 Å². The van der Waals surface area contributed by atoms with Gasteiger partial charge in [-0.15, -0.1) is 0 Å². The lowest BCUT2D eigenvalue weighted by molar-refractivity contribution is -0.137. The average molecular weight is 384 g/mol. The largest absolute Gasteiger partial charge is 0.416 e. The molecule has 0 bridgehead atoms. The minimum absolute atomic E-state index is 0.547. The first kappa shape index (κ1) is 20.6. The van der Waals surface area contributed by atoms with Gasteiger partial charge in [-0.3, -0.25) is 0 Å². The van der Waals surface area contributed by atoms with E-state index in [9.17, 15) is 13.2 Å². The summed E-state index contributed by atoms with van der Waals surface area (Å²) in [6.45, 7) is 5.76. The van der Waals surface area contributed by atoms with Crippen LogP contribution in [0.15, 0.2) is 24.3 Å². The first-order valence-corrected chi connectivity index (χ1v) is 10.1. The van der Waals surface area contributed by atoms with Gasteiger partial charge < -0.3 is 14.5 Å². The molecule has 0 saturated carbocycles. The van der Waals surface area contributed by atoms with Gasteiger partial charge in [-0.05, 0) is 63.2 Å². The van der Waals surface area contributed by atoms with Gasteiger partial charge in [0.15, 0.2) is 0 Å². The van der Waals surface area contributed by atoms with Crippen molar-refractivity contribution in [3.8, 4) is 0 Å². The van der Waals surface area contributed by atoms with E-state index >= 15 is 0 Å². The zero-order valence-electron chi connectivity index (χ0n) is 16.2. The van der Waals surface area contributed by atoms with Gasteiger partial charge in [0.05, 0.1) is 5.56 Å². The molecule has 0 amide bonds. The molecule has 0 aliphatic carbocycles. The van der Waals surface area contributed by atoms with Crippen molar-refractivity contribution in [2.45, 2.75) is 44.3 Å². The molecule has 1 aromatic carbocycles. The summed E-state index contributed by atoms with van der Waals surface area (Å²) in [5, 5.41) is 0. The van der Waals surface area contributed by atoms with Crippen LogP contribution in [-0.4, -0.2) is 62.3 Å². The van der Waals surface area contributed by atoms with Gasteiger partial charge >= 0.3 is 6.18 Å².